The van der Waals surface area contributed by atoms with E-state index in [1.165, 1.54) is 25.8 Å². The molecule has 90 valence electrons. The molecule has 1 fully saturated rings. The van der Waals surface area contributed by atoms with E-state index in [0.29, 0.717) is 5.54 Å². The molecule has 1 saturated heterocycles. The quantitative estimate of drug-likeness (QED) is 0.587. The Morgan fingerprint density at radius 3 is 2.07 bits per heavy atom. The number of likely N-dealkylation sites (tertiary alicyclic amines) is 1. The summed E-state index contributed by atoms with van der Waals surface area (Å²) >= 11 is 0. The van der Waals surface area contributed by atoms with Crippen LogP contribution in [-0.4, -0.2) is 23.0 Å². The van der Waals surface area contributed by atoms with Crippen molar-refractivity contribution in [2.75, 3.05) is 6.54 Å². The maximum atomic E-state index is 2.69. The smallest absolute Gasteiger partial charge is 0.0127 e. The van der Waals surface area contributed by atoms with Crippen LogP contribution in [0.1, 0.15) is 60.8 Å². The van der Waals surface area contributed by atoms with Gasteiger partial charge in [-0.1, -0.05) is 13.8 Å². The van der Waals surface area contributed by atoms with Crippen LogP contribution in [0.15, 0.2) is 0 Å². The Kier molecular flexibility index (Phi) is 4.22. The minimum Gasteiger partial charge on any atom is -0.296 e. The summed E-state index contributed by atoms with van der Waals surface area (Å²) in [5.74, 6) is 1.79. The van der Waals surface area contributed by atoms with Crippen LogP contribution in [0, 0.1) is 11.8 Å². The predicted molar refractivity (Wildman–Crippen MR) is 68.1 cm³/mol. The Bertz CT molecular complexity index is 192. The fraction of sp³-hybridized carbons (Fsp3) is 1.00. The molecule has 0 bridgehead atoms. The molecular formula is C14H29N. The molecule has 0 aromatic rings. The van der Waals surface area contributed by atoms with E-state index in [0.717, 1.165) is 17.9 Å². The number of rotatable bonds is 0. The van der Waals surface area contributed by atoms with Crippen molar-refractivity contribution in [3.8, 4) is 0 Å². The van der Waals surface area contributed by atoms with Crippen molar-refractivity contribution in [3.05, 3.63) is 0 Å². The lowest BCUT2D eigenvalue weighted by Gasteiger charge is -2.43. The number of hydrogen-bond donors (Lipinski definition) is 0. The molecule has 0 N–H and O–H groups in total. The van der Waals surface area contributed by atoms with Gasteiger partial charge < -0.3 is 0 Å². The molecule has 1 aliphatic rings. The van der Waals surface area contributed by atoms with Crippen LogP contribution in [0.2, 0.25) is 0 Å². The molecule has 1 rings (SSSR count). The fourth-order valence-electron chi connectivity index (χ4n) is 3.19. The lowest BCUT2D eigenvalue weighted by molar-refractivity contribution is 0.0564. The van der Waals surface area contributed by atoms with Gasteiger partial charge in [0.15, 0.2) is 0 Å². The van der Waals surface area contributed by atoms with Crippen LogP contribution >= 0.6 is 0 Å². The van der Waals surface area contributed by atoms with Crippen molar-refractivity contribution in [3.63, 3.8) is 0 Å². The number of nitrogens with zero attached hydrogens (tertiary/aromatic N) is 1. The van der Waals surface area contributed by atoms with Gasteiger partial charge in [0.2, 0.25) is 0 Å². The summed E-state index contributed by atoms with van der Waals surface area (Å²) in [6, 6.07) is 0.743. The van der Waals surface area contributed by atoms with Crippen LogP contribution in [0.25, 0.3) is 0 Å². The molecular weight excluding hydrogens is 182 g/mol. The summed E-state index contributed by atoms with van der Waals surface area (Å²) in [5, 5.41) is 0. The summed E-state index contributed by atoms with van der Waals surface area (Å²) < 4.78 is 0. The highest BCUT2D eigenvalue weighted by molar-refractivity contribution is 4.84. The third-order valence-corrected chi connectivity index (χ3v) is 3.80. The molecule has 0 radical (unpaired) electrons. The molecule has 1 heterocycles. The molecule has 1 nitrogen and oxygen atoms in total. The average Bonchev–Trinajstić information content (AvgIpc) is 1.98. The van der Waals surface area contributed by atoms with Gasteiger partial charge in [0, 0.05) is 11.6 Å². The van der Waals surface area contributed by atoms with Crippen LogP contribution < -0.4 is 0 Å². The molecule has 0 spiro atoms. The van der Waals surface area contributed by atoms with E-state index in [4.69, 9.17) is 0 Å². The zero-order chi connectivity index (χ0) is 11.6. The van der Waals surface area contributed by atoms with Crippen LogP contribution in [0.5, 0.6) is 0 Å². The van der Waals surface area contributed by atoms with E-state index >= 15 is 0 Å². The first kappa shape index (κ1) is 13.0. The van der Waals surface area contributed by atoms with Gasteiger partial charge in [-0.3, -0.25) is 4.90 Å². The summed E-state index contributed by atoms with van der Waals surface area (Å²) in [7, 11) is 0. The van der Waals surface area contributed by atoms with Gasteiger partial charge in [0.05, 0.1) is 0 Å². The van der Waals surface area contributed by atoms with E-state index in [1.54, 1.807) is 0 Å². The molecule has 1 aliphatic heterocycles. The molecule has 0 amide bonds. The standard InChI is InChI=1S/C14H29N/c1-11-7-8-15(14(4,5)6)13(3)10-12(2)9-11/h11-13H,7-10H2,1-6H3. The lowest BCUT2D eigenvalue weighted by atomic mass is 9.86. The Morgan fingerprint density at radius 1 is 0.933 bits per heavy atom. The van der Waals surface area contributed by atoms with Gasteiger partial charge in [0.25, 0.3) is 0 Å². The minimum atomic E-state index is 0.330. The zero-order valence-corrected chi connectivity index (χ0v) is 11.5. The Balaban J connectivity index is 2.69. The van der Waals surface area contributed by atoms with Crippen molar-refractivity contribution in [2.45, 2.75) is 72.4 Å². The molecule has 3 atom stereocenters. The molecule has 3 unspecified atom stereocenters. The molecule has 0 aromatic heterocycles. The zero-order valence-electron chi connectivity index (χ0n) is 11.5. The molecule has 0 aliphatic carbocycles. The molecule has 0 aromatic carbocycles. The summed E-state index contributed by atoms with van der Waals surface area (Å²) in [6.45, 7) is 15.5. The van der Waals surface area contributed by atoms with Gasteiger partial charge in [-0.2, -0.15) is 0 Å². The third kappa shape index (κ3) is 3.79. The van der Waals surface area contributed by atoms with Crippen LogP contribution in [0.3, 0.4) is 0 Å². The topological polar surface area (TPSA) is 3.24 Å². The number of hydrogen-bond acceptors (Lipinski definition) is 1. The van der Waals surface area contributed by atoms with E-state index in [1.807, 2.05) is 0 Å². The third-order valence-electron chi connectivity index (χ3n) is 3.80. The highest BCUT2D eigenvalue weighted by Crippen LogP contribution is 2.29. The van der Waals surface area contributed by atoms with Crippen molar-refractivity contribution in [1.82, 2.24) is 4.90 Å². The van der Waals surface area contributed by atoms with Gasteiger partial charge in [0.1, 0.15) is 0 Å². The summed E-state index contributed by atoms with van der Waals surface area (Å²) in [5.41, 5.74) is 0.330. The first-order chi connectivity index (χ1) is 6.80. The average molecular weight is 211 g/mol. The van der Waals surface area contributed by atoms with E-state index in [-0.39, 0.29) is 0 Å². The second kappa shape index (κ2) is 4.86. The van der Waals surface area contributed by atoms with Gasteiger partial charge in [-0.15, -0.1) is 0 Å². The highest BCUT2D eigenvalue weighted by atomic mass is 15.2. The van der Waals surface area contributed by atoms with Gasteiger partial charge in [-0.05, 0) is 65.3 Å². The Hall–Kier alpha value is -0.0400. The van der Waals surface area contributed by atoms with Crippen molar-refractivity contribution < 1.29 is 0 Å². The maximum absolute atomic E-state index is 2.69. The first-order valence-electron chi connectivity index (χ1n) is 6.57. The molecule has 0 saturated carbocycles. The fourth-order valence-corrected chi connectivity index (χ4v) is 3.19. The summed E-state index contributed by atoms with van der Waals surface area (Å²) in [6.07, 6.45) is 4.15. The van der Waals surface area contributed by atoms with Crippen LogP contribution in [0.4, 0.5) is 0 Å². The van der Waals surface area contributed by atoms with Gasteiger partial charge >= 0.3 is 0 Å². The monoisotopic (exact) mass is 211 g/mol. The van der Waals surface area contributed by atoms with Crippen molar-refractivity contribution in [1.29, 1.82) is 0 Å². The first-order valence-corrected chi connectivity index (χ1v) is 6.57. The van der Waals surface area contributed by atoms with E-state index < -0.39 is 0 Å². The molecule has 15 heavy (non-hydrogen) atoms. The second-order valence-corrected chi connectivity index (χ2v) is 6.68. The van der Waals surface area contributed by atoms with E-state index in [9.17, 15) is 0 Å². The summed E-state index contributed by atoms with van der Waals surface area (Å²) in [4.78, 5) is 2.69. The predicted octanol–water partition coefficient (Wildman–Crippen LogP) is 3.93. The molecule has 1 heteroatoms. The maximum Gasteiger partial charge on any atom is 0.0127 e. The van der Waals surface area contributed by atoms with Crippen molar-refractivity contribution >= 4 is 0 Å². The van der Waals surface area contributed by atoms with Gasteiger partial charge in [-0.25, -0.2) is 0 Å². The Morgan fingerprint density at radius 2 is 1.53 bits per heavy atom. The van der Waals surface area contributed by atoms with Crippen LogP contribution in [-0.2, 0) is 0 Å². The largest absolute Gasteiger partial charge is 0.296 e. The lowest BCUT2D eigenvalue weighted by Crippen LogP contribution is -2.49. The minimum absolute atomic E-state index is 0.330. The second-order valence-electron chi connectivity index (χ2n) is 6.68. The highest BCUT2D eigenvalue weighted by Gasteiger charge is 2.29. The Labute approximate surface area is 96.2 Å². The SMILES string of the molecule is CC1CCN(C(C)(C)C)C(C)CC(C)C1. The van der Waals surface area contributed by atoms with Crippen molar-refractivity contribution in [2.24, 2.45) is 11.8 Å². The van der Waals surface area contributed by atoms with E-state index in [2.05, 4.69) is 46.4 Å². The normalized spacial score (nSPS) is 36.0.